The predicted octanol–water partition coefficient (Wildman–Crippen LogP) is -0.113. The first-order valence-corrected chi connectivity index (χ1v) is 5.44. The van der Waals surface area contributed by atoms with E-state index >= 15 is 0 Å². The second kappa shape index (κ2) is 6.35. The van der Waals surface area contributed by atoms with Gasteiger partial charge >= 0.3 is 0 Å². The molecule has 14 heavy (non-hydrogen) atoms. The largest absolute Gasteiger partial charge is 0.390 e. The molecule has 4 nitrogen and oxygen atoms in total. The fraction of sp³-hybridized carbons (Fsp3) is 1.00. The number of rotatable bonds is 5. The van der Waals surface area contributed by atoms with Gasteiger partial charge in [-0.3, -0.25) is 0 Å². The van der Waals surface area contributed by atoms with Crippen LogP contribution in [0, 0.1) is 0 Å². The maximum atomic E-state index is 9.58. The summed E-state index contributed by atoms with van der Waals surface area (Å²) < 4.78 is 5.37. The van der Waals surface area contributed by atoms with Gasteiger partial charge in [-0.25, -0.2) is 0 Å². The van der Waals surface area contributed by atoms with Crippen molar-refractivity contribution < 1.29 is 14.9 Å². The average Bonchev–Trinajstić information content (AvgIpc) is 2.19. The van der Waals surface area contributed by atoms with Gasteiger partial charge < -0.3 is 20.3 Å². The van der Waals surface area contributed by atoms with Crippen LogP contribution in [0.2, 0.25) is 0 Å². The van der Waals surface area contributed by atoms with E-state index in [1.54, 1.807) is 0 Å². The number of aliphatic hydroxyl groups excluding tert-OH is 2. The Morgan fingerprint density at radius 3 is 2.93 bits per heavy atom. The summed E-state index contributed by atoms with van der Waals surface area (Å²) in [5, 5.41) is 22.2. The Labute approximate surface area is 85.3 Å². The van der Waals surface area contributed by atoms with Crippen LogP contribution in [-0.4, -0.2) is 48.2 Å². The SMILES string of the molecule is CCCCNCC1OCCC(O)[C@@H]1O. The predicted molar refractivity (Wildman–Crippen MR) is 54.1 cm³/mol. The fourth-order valence-electron chi connectivity index (χ4n) is 1.58. The quantitative estimate of drug-likeness (QED) is 0.545. The first-order chi connectivity index (χ1) is 6.75. The van der Waals surface area contributed by atoms with Gasteiger partial charge in [-0.15, -0.1) is 0 Å². The van der Waals surface area contributed by atoms with Crippen molar-refractivity contribution in [2.75, 3.05) is 19.7 Å². The molecule has 1 aliphatic heterocycles. The summed E-state index contributed by atoms with van der Waals surface area (Å²) in [5.74, 6) is 0. The molecule has 0 radical (unpaired) electrons. The van der Waals surface area contributed by atoms with Crippen LogP contribution in [0.3, 0.4) is 0 Å². The molecule has 4 heteroatoms. The minimum Gasteiger partial charge on any atom is -0.390 e. The van der Waals surface area contributed by atoms with E-state index in [0.717, 1.165) is 19.4 Å². The second-order valence-electron chi connectivity index (χ2n) is 3.81. The summed E-state index contributed by atoms with van der Waals surface area (Å²) in [7, 11) is 0. The Hall–Kier alpha value is -0.160. The molecule has 0 aromatic heterocycles. The van der Waals surface area contributed by atoms with Crippen LogP contribution in [0.1, 0.15) is 26.2 Å². The maximum Gasteiger partial charge on any atom is 0.107 e. The monoisotopic (exact) mass is 203 g/mol. The van der Waals surface area contributed by atoms with Crippen molar-refractivity contribution in [2.24, 2.45) is 0 Å². The zero-order chi connectivity index (χ0) is 10.4. The molecule has 3 atom stereocenters. The Balaban J connectivity index is 2.15. The zero-order valence-corrected chi connectivity index (χ0v) is 8.78. The Morgan fingerprint density at radius 1 is 1.43 bits per heavy atom. The van der Waals surface area contributed by atoms with E-state index in [9.17, 15) is 10.2 Å². The molecule has 0 amide bonds. The summed E-state index contributed by atoms with van der Waals surface area (Å²) in [4.78, 5) is 0. The van der Waals surface area contributed by atoms with Crippen LogP contribution >= 0.6 is 0 Å². The van der Waals surface area contributed by atoms with Crippen LogP contribution in [0.15, 0.2) is 0 Å². The minimum absolute atomic E-state index is 0.254. The van der Waals surface area contributed by atoms with E-state index in [-0.39, 0.29) is 6.10 Å². The lowest BCUT2D eigenvalue weighted by atomic mass is 10.0. The van der Waals surface area contributed by atoms with E-state index in [4.69, 9.17) is 4.74 Å². The molecule has 0 aromatic carbocycles. The lowest BCUT2D eigenvalue weighted by molar-refractivity contribution is -0.132. The normalized spacial score (nSPS) is 33.2. The first kappa shape index (κ1) is 11.9. The third kappa shape index (κ3) is 3.53. The highest BCUT2D eigenvalue weighted by Crippen LogP contribution is 2.13. The third-order valence-electron chi connectivity index (χ3n) is 2.57. The highest BCUT2D eigenvalue weighted by atomic mass is 16.5. The number of hydrogen-bond acceptors (Lipinski definition) is 4. The van der Waals surface area contributed by atoms with Crippen molar-refractivity contribution in [1.29, 1.82) is 0 Å². The van der Waals surface area contributed by atoms with Crippen LogP contribution in [0.25, 0.3) is 0 Å². The molecule has 1 aliphatic rings. The fourth-order valence-corrected chi connectivity index (χ4v) is 1.58. The van der Waals surface area contributed by atoms with E-state index in [1.807, 2.05) is 0 Å². The molecule has 1 saturated heterocycles. The van der Waals surface area contributed by atoms with Crippen molar-refractivity contribution in [1.82, 2.24) is 5.32 Å². The standard InChI is InChI=1S/C10H21NO3/c1-2-3-5-11-7-9-10(13)8(12)4-6-14-9/h8-13H,2-7H2,1H3/t8?,9?,10-/m0/s1. The van der Waals surface area contributed by atoms with Gasteiger partial charge in [0.25, 0.3) is 0 Å². The molecule has 0 aliphatic carbocycles. The lowest BCUT2D eigenvalue weighted by Crippen LogP contribution is -2.49. The van der Waals surface area contributed by atoms with Gasteiger partial charge in [0, 0.05) is 13.2 Å². The Kier molecular flexibility index (Phi) is 5.40. The van der Waals surface area contributed by atoms with Crippen molar-refractivity contribution in [3.63, 3.8) is 0 Å². The van der Waals surface area contributed by atoms with Crippen molar-refractivity contribution in [3.8, 4) is 0 Å². The van der Waals surface area contributed by atoms with Crippen LogP contribution in [-0.2, 0) is 4.74 Å². The second-order valence-corrected chi connectivity index (χ2v) is 3.81. The molecule has 0 spiro atoms. The van der Waals surface area contributed by atoms with Gasteiger partial charge in [0.05, 0.1) is 12.2 Å². The van der Waals surface area contributed by atoms with Crippen molar-refractivity contribution in [3.05, 3.63) is 0 Å². The summed E-state index contributed by atoms with van der Waals surface area (Å²) in [5.41, 5.74) is 0. The Morgan fingerprint density at radius 2 is 2.21 bits per heavy atom. The van der Waals surface area contributed by atoms with Crippen molar-refractivity contribution >= 4 is 0 Å². The molecule has 1 fully saturated rings. The molecule has 84 valence electrons. The molecular weight excluding hydrogens is 182 g/mol. The molecular formula is C10H21NO3. The van der Waals surface area contributed by atoms with E-state index in [2.05, 4.69) is 12.2 Å². The summed E-state index contributed by atoms with van der Waals surface area (Å²) in [6.45, 7) is 4.24. The summed E-state index contributed by atoms with van der Waals surface area (Å²) in [6.07, 6.45) is 1.21. The summed E-state index contributed by atoms with van der Waals surface area (Å²) in [6, 6.07) is 0. The van der Waals surface area contributed by atoms with Crippen LogP contribution in [0.4, 0.5) is 0 Å². The molecule has 0 aromatic rings. The van der Waals surface area contributed by atoms with Gasteiger partial charge in [0.1, 0.15) is 6.10 Å². The Bertz CT molecular complexity index is 154. The number of hydrogen-bond donors (Lipinski definition) is 3. The minimum atomic E-state index is -0.738. The first-order valence-electron chi connectivity index (χ1n) is 5.44. The van der Waals surface area contributed by atoms with E-state index in [1.165, 1.54) is 0 Å². The van der Waals surface area contributed by atoms with E-state index in [0.29, 0.717) is 19.6 Å². The van der Waals surface area contributed by atoms with E-state index < -0.39 is 12.2 Å². The van der Waals surface area contributed by atoms with Gasteiger partial charge in [0.2, 0.25) is 0 Å². The molecule has 0 saturated carbocycles. The highest BCUT2D eigenvalue weighted by Gasteiger charge is 2.30. The number of nitrogens with one attached hydrogen (secondary N) is 1. The number of ether oxygens (including phenoxy) is 1. The topological polar surface area (TPSA) is 61.7 Å². The van der Waals surface area contributed by atoms with Crippen LogP contribution in [0.5, 0.6) is 0 Å². The van der Waals surface area contributed by atoms with Crippen LogP contribution < -0.4 is 5.32 Å². The number of aliphatic hydroxyl groups is 2. The molecule has 0 bridgehead atoms. The smallest absolute Gasteiger partial charge is 0.107 e. The van der Waals surface area contributed by atoms with Gasteiger partial charge in [-0.1, -0.05) is 13.3 Å². The number of unbranched alkanes of at least 4 members (excludes halogenated alkanes) is 1. The summed E-state index contributed by atoms with van der Waals surface area (Å²) >= 11 is 0. The maximum absolute atomic E-state index is 9.58. The third-order valence-corrected chi connectivity index (χ3v) is 2.57. The zero-order valence-electron chi connectivity index (χ0n) is 8.78. The molecule has 1 heterocycles. The average molecular weight is 203 g/mol. The van der Waals surface area contributed by atoms with Crippen molar-refractivity contribution in [2.45, 2.75) is 44.5 Å². The molecule has 2 unspecified atom stereocenters. The molecule has 3 N–H and O–H groups in total. The van der Waals surface area contributed by atoms with Gasteiger partial charge in [0.15, 0.2) is 0 Å². The lowest BCUT2D eigenvalue weighted by Gasteiger charge is -2.32. The van der Waals surface area contributed by atoms with Gasteiger partial charge in [-0.2, -0.15) is 0 Å². The molecule has 1 rings (SSSR count). The van der Waals surface area contributed by atoms with Gasteiger partial charge in [-0.05, 0) is 19.4 Å². The highest BCUT2D eigenvalue weighted by molar-refractivity contribution is 4.82.